The topological polar surface area (TPSA) is 95.9 Å². The zero-order valence-electron chi connectivity index (χ0n) is 15.6. The second-order valence-electron chi connectivity index (χ2n) is 7.35. The van der Waals surface area contributed by atoms with Gasteiger partial charge in [-0.15, -0.1) is 0 Å². The molecule has 27 heavy (non-hydrogen) atoms. The normalized spacial score (nSPS) is 28.0. The lowest BCUT2D eigenvalue weighted by atomic mass is 9.84. The minimum atomic E-state index is -3.47. The van der Waals surface area contributed by atoms with E-state index in [1.807, 2.05) is 0 Å². The van der Waals surface area contributed by atoms with E-state index in [-0.39, 0.29) is 24.0 Å². The zero-order valence-corrected chi connectivity index (χ0v) is 16.4. The van der Waals surface area contributed by atoms with E-state index in [0.29, 0.717) is 50.1 Å². The molecule has 1 aliphatic heterocycles. The molecule has 7 nitrogen and oxygen atoms in total. The summed E-state index contributed by atoms with van der Waals surface area (Å²) in [6.45, 7) is 0.790. The van der Waals surface area contributed by atoms with Gasteiger partial charge in [-0.05, 0) is 44.2 Å². The average Bonchev–Trinajstić information content (AvgIpc) is 2.69. The Morgan fingerprint density at radius 3 is 2.44 bits per heavy atom. The number of methoxy groups -OCH3 is 1. The van der Waals surface area contributed by atoms with Crippen molar-refractivity contribution < 1.29 is 23.1 Å². The summed E-state index contributed by atoms with van der Waals surface area (Å²) in [5, 5.41) is 12.9. The first-order valence-corrected chi connectivity index (χ1v) is 10.9. The maximum absolute atomic E-state index is 12.7. The zero-order chi connectivity index (χ0) is 19.4. The van der Waals surface area contributed by atoms with E-state index in [1.54, 1.807) is 37.4 Å². The van der Waals surface area contributed by atoms with Gasteiger partial charge in [-0.1, -0.05) is 18.2 Å². The van der Waals surface area contributed by atoms with E-state index in [9.17, 15) is 18.3 Å². The fraction of sp³-hybridized carbons (Fsp3) is 0.632. The van der Waals surface area contributed by atoms with Crippen LogP contribution in [-0.2, 0) is 19.6 Å². The van der Waals surface area contributed by atoms with Crippen LogP contribution < -0.4 is 5.32 Å². The Balaban J connectivity index is 1.52. The Morgan fingerprint density at radius 1 is 1.15 bits per heavy atom. The summed E-state index contributed by atoms with van der Waals surface area (Å²) in [5.74, 6) is -0.183. The summed E-state index contributed by atoms with van der Waals surface area (Å²) in [4.78, 5) is 12.9. The van der Waals surface area contributed by atoms with Gasteiger partial charge < -0.3 is 15.2 Å². The molecule has 150 valence electrons. The Bertz CT molecular complexity index is 732. The fourth-order valence-corrected chi connectivity index (χ4v) is 5.40. The van der Waals surface area contributed by atoms with Crippen LogP contribution in [0.1, 0.15) is 32.1 Å². The third-order valence-corrected chi connectivity index (χ3v) is 7.52. The van der Waals surface area contributed by atoms with Gasteiger partial charge in [0.25, 0.3) is 0 Å². The number of ether oxygens (including phenoxy) is 1. The molecule has 0 radical (unpaired) electrons. The van der Waals surface area contributed by atoms with Crippen LogP contribution in [0.25, 0.3) is 0 Å². The molecule has 3 rings (SSSR count). The van der Waals surface area contributed by atoms with Crippen LogP contribution in [0.5, 0.6) is 0 Å². The number of carbonyl (C=O) groups is 1. The number of piperidine rings is 1. The first-order chi connectivity index (χ1) is 12.9. The van der Waals surface area contributed by atoms with Gasteiger partial charge in [0.05, 0.1) is 17.1 Å². The Morgan fingerprint density at radius 2 is 1.81 bits per heavy atom. The van der Waals surface area contributed by atoms with Crippen molar-refractivity contribution in [3.8, 4) is 0 Å². The van der Waals surface area contributed by atoms with Crippen LogP contribution >= 0.6 is 0 Å². The van der Waals surface area contributed by atoms with Crippen molar-refractivity contribution in [2.24, 2.45) is 5.92 Å². The molecule has 0 bridgehead atoms. The lowest BCUT2D eigenvalue weighted by Crippen LogP contribution is -2.49. The second-order valence-corrected chi connectivity index (χ2v) is 9.29. The number of aliphatic hydroxyl groups excluding tert-OH is 1. The van der Waals surface area contributed by atoms with Gasteiger partial charge in [-0.2, -0.15) is 4.31 Å². The van der Waals surface area contributed by atoms with Gasteiger partial charge >= 0.3 is 0 Å². The van der Waals surface area contributed by atoms with Crippen molar-refractivity contribution in [3.63, 3.8) is 0 Å². The van der Waals surface area contributed by atoms with Gasteiger partial charge in [0.1, 0.15) is 0 Å². The van der Waals surface area contributed by atoms with E-state index in [0.717, 1.165) is 0 Å². The van der Waals surface area contributed by atoms with Crippen LogP contribution in [0.2, 0.25) is 0 Å². The quantitative estimate of drug-likeness (QED) is 0.778. The molecule has 1 saturated heterocycles. The Labute approximate surface area is 160 Å². The third-order valence-electron chi connectivity index (χ3n) is 5.61. The van der Waals surface area contributed by atoms with Gasteiger partial charge in [-0.3, -0.25) is 4.79 Å². The highest BCUT2D eigenvalue weighted by Crippen LogP contribution is 2.27. The number of nitrogens with one attached hydrogen (secondary N) is 1. The molecule has 1 aromatic rings. The summed E-state index contributed by atoms with van der Waals surface area (Å²) in [5.41, 5.74) is 0. The molecule has 1 heterocycles. The lowest BCUT2D eigenvalue weighted by Gasteiger charge is -2.35. The lowest BCUT2D eigenvalue weighted by molar-refractivity contribution is -0.131. The van der Waals surface area contributed by atoms with Gasteiger partial charge in [0.15, 0.2) is 0 Å². The molecule has 1 amide bonds. The predicted molar refractivity (Wildman–Crippen MR) is 101 cm³/mol. The van der Waals surface area contributed by atoms with Gasteiger partial charge in [-0.25, -0.2) is 8.42 Å². The largest absolute Gasteiger partial charge is 0.390 e. The molecule has 2 N–H and O–H groups in total. The van der Waals surface area contributed by atoms with Crippen molar-refractivity contribution >= 4 is 15.9 Å². The number of rotatable bonds is 5. The predicted octanol–water partition coefficient (Wildman–Crippen LogP) is 1.13. The Hall–Kier alpha value is -1.48. The number of amides is 1. The van der Waals surface area contributed by atoms with E-state index in [1.165, 1.54) is 4.31 Å². The van der Waals surface area contributed by atoms with E-state index < -0.39 is 16.1 Å². The number of benzene rings is 1. The van der Waals surface area contributed by atoms with Crippen molar-refractivity contribution in [1.82, 2.24) is 9.62 Å². The highest BCUT2D eigenvalue weighted by Gasteiger charge is 2.35. The van der Waals surface area contributed by atoms with Crippen LogP contribution in [0.15, 0.2) is 35.2 Å². The fourth-order valence-electron chi connectivity index (χ4n) is 3.91. The summed E-state index contributed by atoms with van der Waals surface area (Å²) < 4.78 is 32.1. The molecule has 3 atom stereocenters. The summed E-state index contributed by atoms with van der Waals surface area (Å²) in [6, 6.07) is 8.41. The number of hydrogen-bond acceptors (Lipinski definition) is 5. The van der Waals surface area contributed by atoms with Crippen molar-refractivity contribution in [2.45, 2.75) is 55.2 Å². The van der Waals surface area contributed by atoms with E-state index in [4.69, 9.17) is 4.74 Å². The summed E-state index contributed by atoms with van der Waals surface area (Å²) in [7, 11) is -1.92. The molecule has 1 aromatic carbocycles. The smallest absolute Gasteiger partial charge is 0.243 e. The van der Waals surface area contributed by atoms with Crippen molar-refractivity contribution in [3.05, 3.63) is 30.3 Å². The minimum absolute atomic E-state index is 0.0201. The van der Waals surface area contributed by atoms with Gasteiger partial charge in [0.2, 0.25) is 15.9 Å². The highest BCUT2D eigenvalue weighted by molar-refractivity contribution is 7.89. The number of aliphatic hydroxyl groups is 1. The molecule has 0 unspecified atom stereocenters. The molecule has 1 saturated carbocycles. The highest BCUT2D eigenvalue weighted by atomic mass is 32.2. The number of hydrogen-bond donors (Lipinski definition) is 2. The van der Waals surface area contributed by atoms with Crippen molar-refractivity contribution in [2.75, 3.05) is 20.2 Å². The molecule has 0 aromatic heterocycles. The summed E-state index contributed by atoms with van der Waals surface area (Å²) in [6.07, 6.45) is 2.11. The molecule has 8 heteroatoms. The van der Waals surface area contributed by atoms with Crippen molar-refractivity contribution in [1.29, 1.82) is 0 Å². The maximum atomic E-state index is 12.7. The number of nitrogens with zero attached hydrogens (tertiary/aromatic N) is 1. The molecule has 2 fully saturated rings. The monoisotopic (exact) mass is 396 g/mol. The molecular formula is C19H28N2O5S. The third kappa shape index (κ3) is 4.68. The van der Waals surface area contributed by atoms with Gasteiger partial charge in [0, 0.05) is 32.2 Å². The summed E-state index contributed by atoms with van der Waals surface area (Å²) >= 11 is 0. The molecular weight excluding hydrogens is 368 g/mol. The molecule has 0 spiro atoms. The minimum Gasteiger partial charge on any atom is -0.390 e. The van der Waals surface area contributed by atoms with Crippen LogP contribution in [0.3, 0.4) is 0 Å². The average molecular weight is 397 g/mol. The first-order valence-electron chi connectivity index (χ1n) is 9.48. The number of carbonyl (C=O) groups excluding carboxylic acids is 1. The standard InChI is InChI=1S/C19H28N2O5S/c1-26-18-13-14(7-8-17(18)22)19(23)20-15-9-11-21(12-10-15)27(24,25)16-5-3-2-4-6-16/h2-6,14-15,17-18,22H,7-13H2,1H3,(H,20,23)/t14-,17+,18-/m1/s1. The van der Waals surface area contributed by atoms with Crippen LogP contribution in [0.4, 0.5) is 0 Å². The molecule has 2 aliphatic rings. The first kappa shape index (κ1) is 20.3. The van der Waals surface area contributed by atoms with E-state index >= 15 is 0 Å². The maximum Gasteiger partial charge on any atom is 0.243 e. The molecule has 1 aliphatic carbocycles. The number of sulfonamides is 1. The second kappa shape index (κ2) is 8.68. The van der Waals surface area contributed by atoms with E-state index in [2.05, 4.69) is 5.32 Å². The Kier molecular flexibility index (Phi) is 6.52. The van der Waals surface area contributed by atoms with Crippen LogP contribution in [-0.4, -0.2) is 62.2 Å². The SMILES string of the molecule is CO[C@@H]1C[C@H](C(=O)NC2CCN(S(=O)(=O)c3ccccc3)CC2)CC[C@@H]1O. The van der Waals surface area contributed by atoms with Crippen LogP contribution in [0, 0.1) is 5.92 Å².